The van der Waals surface area contributed by atoms with Crippen LogP contribution < -0.4 is 4.74 Å². The van der Waals surface area contributed by atoms with Crippen LogP contribution >= 0.6 is 11.6 Å². The molecule has 0 saturated carbocycles. The van der Waals surface area contributed by atoms with Gasteiger partial charge in [0.1, 0.15) is 12.4 Å². The first kappa shape index (κ1) is 22.2. The SMILES string of the molecule is O=C(c1cccc(COc2ccc(F)cc2F)c1)N1CCN(Cc2ccccc2Cl)CC1. The first-order valence-corrected chi connectivity index (χ1v) is 10.8. The summed E-state index contributed by atoms with van der Waals surface area (Å²) >= 11 is 6.26. The topological polar surface area (TPSA) is 32.8 Å². The summed E-state index contributed by atoms with van der Waals surface area (Å²) < 4.78 is 32.2. The molecule has 166 valence electrons. The lowest BCUT2D eigenvalue weighted by atomic mass is 10.1. The molecule has 4 rings (SSSR count). The highest BCUT2D eigenvalue weighted by Gasteiger charge is 2.22. The Morgan fingerprint density at radius 3 is 2.47 bits per heavy atom. The maximum atomic E-state index is 13.8. The van der Waals surface area contributed by atoms with E-state index in [4.69, 9.17) is 16.3 Å². The van der Waals surface area contributed by atoms with Gasteiger partial charge in [0.25, 0.3) is 5.91 Å². The Kier molecular flexibility index (Phi) is 7.02. The number of hydrogen-bond donors (Lipinski definition) is 0. The Balaban J connectivity index is 1.33. The average molecular weight is 457 g/mol. The lowest BCUT2D eigenvalue weighted by Crippen LogP contribution is -2.48. The van der Waals surface area contributed by atoms with Crippen molar-refractivity contribution < 1.29 is 18.3 Å². The fourth-order valence-electron chi connectivity index (χ4n) is 3.71. The van der Waals surface area contributed by atoms with Gasteiger partial charge in [0.15, 0.2) is 11.6 Å². The van der Waals surface area contributed by atoms with Crippen molar-refractivity contribution in [1.29, 1.82) is 0 Å². The summed E-state index contributed by atoms with van der Waals surface area (Å²) in [6.07, 6.45) is 0. The maximum Gasteiger partial charge on any atom is 0.253 e. The molecular weight excluding hydrogens is 434 g/mol. The van der Waals surface area contributed by atoms with Crippen LogP contribution in [0.25, 0.3) is 0 Å². The third kappa shape index (κ3) is 5.44. The van der Waals surface area contributed by atoms with Gasteiger partial charge in [-0.1, -0.05) is 41.9 Å². The van der Waals surface area contributed by atoms with E-state index >= 15 is 0 Å². The van der Waals surface area contributed by atoms with Crippen molar-refractivity contribution in [1.82, 2.24) is 9.80 Å². The average Bonchev–Trinajstić information content (AvgIpc) is 2.80. The Morgan fingerprint density at radius 2 is 1.72 bits per heavy atom. The molecule has 0 bridgehead atoms. The molecule has 0 spiro atoms. The molecule has 0 unspecified atom stereocenters. The van der Waals surface area contributed by atoms with Crippen LogP contribution in [0.4, 0.5) is 8.78 Å². The molecule has 4 nitrogen and oxygen atoms in total. The minimum Gasteiger partial charge on any atom is -0.486 e. The molecule has 1 saturated heterocycles. The monoisotopic (exact) mass is 456 g/mol. The highest BCUT2D eigenvalue weighted by Crippen LogP contribution is 2.21. The smallest absolute Gasteiger partial charge is 0.253 e. The molecule has 0 aromatic heterocycles. The van der Waals surface area contributed by atoms with Crippen molar-refractivity contribution in [2.75, 3.05) is 26.2 Å². The Bertz CT molecular complexity index is 1100. The number of benzene rings is 3. The summed E-state index contributed by atoms with van der Waals surface area (Å²) in [6, 6.07) is 18.1. The van der Waals surface area contributed by atoms with Gasteiger partial charge in [0.2, 0.25) is 0 Å². The van der Waals surface area contributed by atoms with E-state index in [1.807, 2.05) is 29.2 Å². The molecule has 1 heterocycles. The number of amides is 1. The molecule has 1 fully saturated rings. The van der Waals surface area contributed by atoms with E-state index in [2.05, 4.69) is 4.90 Å². The molecule has 3 aromatic rings. The van der Waals surface area contributed by atoms with Crippen LogP contribution in [0.1, 0.15) is 21.5 Å². The molecule has 0 atom stereocenters. The van der Waals surface area contributed by atoms with Gasteiger partial charge in [-0.2, -0.15) is 0 Å². The predicted octanol–water partition coefficient (Wildman–Crippen LogP) is 5.16. The van der Waals surface area contributed by atoms with E-state index in [0.717, 1.165) is 47.9 Å². The largest absolute Gasteiger partial charge is 0.486 e. The summed E-state index contributed by atoms with van der Waals surface area (Å²) in [5.74, 6) is -1.49. The number of piperazine rings is 1. The van der Waals surface area contributed by atoms with E-state index in [1.165, 1.54) is 6.07 Å². The minimum absolute atomic E-state index is 0.0298. The Hall–Kier alpha value is -2.96. The van der Waals surface area contributed by atoms with Gasteiger partial charge in [0.05, 0.1) is 0 Å². The van der Waals surface area contributed by atoms with Crippen molar-refractivity contribution in [2.24, 2.45) is 0 Å². The van der Waals surface area contributed by atoms with Crippen molar-refractivity contribution >= 4 is 17.5 Å². The zero-order valence-electron chi connectivity index (χ0n) is 17.4. The van der Waals surface area contributed by atoms with Crippen LogP contribution in [0.5, 0.6) is 5.75 Å². The van der Waals surface area contributed by atoms with E-state index in [0.29, 0.717) is 18.7 Å². The number of carbonyl (C=O) groups excluding carboxylic acids is 1. The van der Waals surface area contributed by atoms with Crippen LogP contribution in [0.2, 0.25) is 5.02 Å². The van der Waals surface area contributed by atoms with E-state index in [-0.39, 0.29) is 18.3 Å². The molecular formula is C25H23ClF2N2O2. The van der Waals surface area contributed by atoms with Crippen molar-refractivity contribution in [3.05, 3.63) is 100 Å². The van der Waals surface area contributed by atoms with Gasteiger partial charge in [-0.3, -0.25) is 9.69 Å². The van der Waals surface area contributed by atoms with Crippen LogP contribution in [0, 0.1) is 11.6 Å². The second-order valence-corrected chi connectivity index (χ2v) is 8.13. The standard InChI is InChI=1S/C25H23ClF2N2O2/c26-22-7-2-1-5-20(22)16-29-10-12-30(13-11-29)25(31)19-6-3-4-18(14-19)17-32-24-9-8-21(27)15-23(24)28/h1-9,14-15H,10-13,16-17H2. The molecule has 1 aliphatic heterocycles. The zero-order chi connectivity index (χ0) is 22.5. The number of halogens is 3. The van der Waals surface area contributed by atoms with E-state index in [9.17, 15) is 13.6 Å². The number of nitrogens with zero attached hydrogens (tertiary/aromatic N) is 2. The molecule has 1 aliphatic rings. The second kappa shape index (κ2) is 10.1. The first-order valence-electron chi connectivity index (χ1n) is 10.4. The van der Waals surface area contributed by atoms with Gasteiger partial charge in [0, 0.05) is 49.4 Å². The Morgan fingerprint density at radius 1 is 0.938 bits per heavy atom. The number of hydrogen-bond acceptors (Lipinski definition) is 3. The van der Waals surface area contributed by atoms with Crippen LogP contribution in [-0.2, 0) is 13.2 Å². The van der Waals surface area contributed by atoms with Crippen molar-refractivity contribution in [2.45, 2.75) is 13.2 Å². The summed E-state index contributed by atoms with van der Waals surface area (Å²) in [4.78, 5) is 17.1. The van der Waals surface area contributed by atoms with Gasteiger partial charge >= 0.3 is 0 Å². The molecule has 7 heteroatoms. The maximum absolute atomic E-state index is 13.8. The minimum atomic E-state index is -0.758. The Labute approximate surface area is 191 Å². The third-order valence-electron chi connectivity index (χ3n) is 5.47. The summed E-state index contributed by atoms with van der Waals surface area (Å²) in [5.41, 5.74) is 2.38. The predicted molar refractivity (Wildman–Crippen MR) is 120 cm³/mol. The fraction of sp³-hybridized carbons (Fsp3) is 0.240. The lowest BCUT2D eigenvalue weighted by molar-refractivity contribution is 0.0628. The highest BCUT2D eigenvalue weighted by molar-refractivity contribution is 6.31. The normalized spacial score (nSPS) is 14.4. The molecule has 0 N–H and O–H groups in total. The number of carbonyl (C=O) groups is 1. The zero-order valence-corrected chi connectivity index (χ0v) is 18.2. The fourth-order valence-corrected chi connectivity index (χ4v) is 3.90. The van der Waals surface area contributed by atoms with Crippen molar-refractivity contribution in [3.63, 3.8) is 0 Å². The van der Waals surface area contributed by atoms with Gasteiger partial charge < -0.3 is 9.64 Å². The molecule has 0 radical (unpaired) electrons. The molecule has 1 amide bonds. The molecule has 0 aliphatic carbocycles. The first-order chi connectivity index (χ1) is 15.5. The van der Waals surface area contributed by atoms with Crippen LogP contribution in [-0.4, -0.2) is 41.9 Å². The number of ether oxygens (including phenoxy) is 1. The summed E-state index contributed by atoms with van der Waals surface area (Å²) in [6.45, 7) is 3.63. The highest BCUT2D eigenvalue weighted by atomic mass is 35.5. The van der Waals surface area contributed by atoms with Gasteiger partial charge in [-0.25, -0.2) is 8.78 Å². The lowest BCUT2D eigenvalue weighted by Gasteiger charge is -2.35. The third-order valence-corrected chi connectivity index (χ3v) is 5.84. The van der Waals surface area contributed by atoms with Crippen LogP contribution in [0.3, 0.4) is 0 Å². The van der Waals surface area contributed by atoms with Gasteiger partial charge in [-0.15, -0.1) is 0 Å². The van der Waals surface area contributed by atoms with E-state index in [1.54, 1.807) is 24.3 Å². The number of rotatable bonds is 6. The quantitative estimate of drug-likeness (QED) is 0.514. The summed E-state index contributed by atoms with van der Waals surface area (Å²) in [5, 5.41) is 0.755. The second-order valence-electron chi connectivity index (χ2n) is 7.72. The summed E-state index contributed by atoms with van der Waals surface area (Å²) in [7, 11) is 0. The molecule has 3 aromatic carbocycles. The van der Waals surface area contributed by atoms with E-state index < -0.39 is 11.6 Å². The molecule has 32 heavy (non-hydrogen) atoms. The van der Waals surface area contributed by atoms with Crippen LogP contribution in [0.15, 0.2) is 66.7 Å². The van der Waals surface area contributed by atoms with Crippen molar-refractivity contribution in [3.8, 4) is 5.75 Å². The van der Waals surface area contributed by atoms with Gasteiger partial charge in [-0.05, 0) is 41.5 Å².